The summed E-state index contributed by atoms with van der Waals surface area (Å²) in [6.45, 7) is 1.33. The minimum absolute atomic E-state index is 0.223. The minimum Gasteiger partial charge on any atom is -0.484 e. The van der Waals surface area contributed by atoms with Gasteiger partial charge in [-0.2, -0.15) is 0 Å². The molecular formula is C21H21NO5. The molecule has 1 amide bonds. The van der Waals surface area contributed by atoms with Gasteiger partial charge in [-0.25, -0.2) is 4.79 Å². The van der Waals surface area contributed by atoms with Crippen molar-refractivity contribution in [2.75, 3.05) is 6.61 Å². The number of Topliss-reactive ketones (excluding diaryl/α,β-unsaturated/α-hetero) is 1. The van der Waals surface area contributed by atoms with Crippen LogP contribution in [0.2, 0.25) is 0 Å². The Morgan fingerprint density at radius 3 is 2.37 bits per heavy atom. The van der Waals surface area contributed by atoms with E-state index in [9.17, 15) is 14.4 Å². The molecule has 1 aliphatic carbocycles. The molecule has 0 radical (unpaired) electrons. The number of rotatable bonds is 7. The van der Waals surface area contributed by atoms with Gasteiger partial charge in [0.2, 0.25) is 5.78 Å². The standard InChI is InChI=1S/C21H21NO5/c1-13(20(24)17-6-5-14-3-2-4-16(14)11-17)27-21(25)15-7-9-18(10-8-15)26-12-19(22)23/h5-11,13H,2-4,12H2,1H3,(H2,22,23). The Bertz CT molecular complexity index is 873. The van der Waals surface area contributed by atoms with E-state index in [0.29, 0.717) is 11.3 Å². The third-order valence-corrected chi connectivity index (χ3v) is 4.51. The molecule has 1 atom stereocenters. The number of aryl methyl sites for hydroxylation is 2. The van der Waals surface area contributed by atoms with Gasteiger partial charge in [0.05, 0.1) is 5.56 Å². The molecule has 2 N–H and O–H groups in total. The van der Waals surface area contributed by atoms with Gasteiger partial charge in [-0.1, -0.05) is 12.1 Å². The van der Waals surface area contributed by atoms with Crippen molar-refractivity contribution in [2.45, 2.75) is 32.3 Å². The summed E-state index contributed by atoms with van der Waals surface area (Å²) in [7, 11) is 0. The quantitative estimate of drug-likeness (QED) is 0.599. The van der Waals surface area contributed by atoms with Gasteiger partial charge in [0.1, 0.15) is 5.75 Å². The van der Waals surface area contributed by atoms with Crippen LogP contribution in [0, 0.1) is 0 Å². The van der Waals surface area contributed by atoms with Crippen LogP contribution in [-0.2, 0) is 22.4 Å². The number of ether oxygens (including phenoxy) is 2. The Kier molecular flexibility index (Phi) is 5.54. The number of benzene rings is 2. The highest BCUT2D eigenvalue weighted by molar-refractivity contribution is 6.01. The molecule has 0 bridgehead atoms. The van der Waals surface area contributed by atoms with Crippen LogP contribution in [-0.4, -0.2) is 30.4 Å². The molecule has 0 spiro atoms. The molecule has 0 fully saturated rings. The Morgan fingerprint density at radius 1 is 1.00 bits per heavy atom. The predicted molar refractivity (Wildman–Crippen MR) is 98.8 cm³/mol. The number of amides is 1. The van der Waals surface area contributed by atoms with E-state index in [1.54, 1.807) is 13.0 Å². The van der Waals surface area contributed by atoms with E-state index in [1.807, 2.05) is 12.1 Å². The molecule has 2 aromatic rings. The Labute approximate surface area is 157 Å². The van der Waals surface area contributed by atoms with Crippen molar-refractivity contribution in [3.8, 4) is 5.75 Å². The van der Waals surface area contributed by atoms with Crippen LogP contribution in [0.15, 0.2) is 42.5 Å². The van der Waals surface area contributed by atoms with Crippen LogP contribution in [0.1, 0.15) is 45.2 Å². The molecule has 0 aromatic heterocycles. The van der Waals surface area contributed by atoms with Gasteiger partial charge < -0.3 is 15.2 Å². The fourth-order valence-corrected chi connectivity index (χ4v) is 3.08. The van der Waals surface area contributed by atoms with Crippen molar-refractivity contribution in [3.63, 3.8) is 0 Å². The van der Waals surface area contributed by atoms with Crippen molar-refractivity contribution in [3.05, 3.63) is 64.7 Å². The normalized spacial score (nSPS) is 13.5. The topological polar surface area (TPSA) is 95.7 Å². The van der Waals surface area contributed by atoms with Crippen LogP contribution >= 0.6 is 0 Å². The van der Waals surface area contributed by atoms with Crippen LogP contribution in [0.25, 0.3) is 0 Å². The largest absolute Gasteiger partial charge is 0.484 e. The summed E-state index contributed by atoms with van der Waals surface area (Å²) in [4.78, 5) is 35.5. The minimum atomic E-state index is -0.886. The third kappa shape index (κ3) is 4.53. The maximum atomic E-state index is 12.6. The molecule has 6 heteroatoms. The van der Waals surface area contributed by atoms with E-state index in [2.05, 4.69) is 0 Å². The van der Waals surface area contributed by atoms with E-state index in [4.69, 9.17) is 15.2 Å². The second-order valence-corrected chi connectivity index (χ2v) is 6.53. The molecule has 0 saturated carbocycles. The van der Waals surface area contributed by atoms with Crippen LogP contribution in [0.3, 0.4) is 0 Å². The lowest BCUT2D eigenvalue weighted by atomic mass is 10.0. The van der Waals surface area contributed by atoms with Gasteiger partial charge in [0.25, 0.3) is 5.91 Å². The summed E-state index contributed by atoms with van der Waals surface area (Å²) in [5, 5.41) is 0. The molecule has 3 rings (SSSR count). The number of hydrogen-bond acceptors (Lipinski definition) is 5. The van der Waals surface area contributed by atoms with Crippen molar-refractivity contribution in [2.24, 2.45) is 5.73 Å². The summed E-state index contributed by atoms with van der Waals surface area (Å²) in [6, 6.07) is 11.8. The predicted octanol–water partition coefficient (Wildman–Crippen LogP) is 2.47. The Balaban J connectivity index is 1.61. The number of esters is 1. The number of nitrogens with two attached hydrogens (primary N) is 1. The van der Waals surface area contributed by atoms with Gasteiger partial charge in [-0.05, 0) is 67.6 Å². The molecule has 1 aliphatic rings. The first-order valence-electron chi connectivity index (χ1n) is 8.82. The Morgan fingerprint density at radius 2 is 1.67 bits per heavy atom. The summed E-state index contributed by atoms with van der Waals surface area (Å²) in [5.74, 6) is -0.997. The van der Waals surface area contributed by atoms with Crippen molar-refractivity contribution >= 4 is 17.7 Å². The lowest BCUT2D eigenvalue weighted by Gasteiger charge is -2.13. The first-order chi connectivity index (χ1) is 12.9. The number of carbonyl (C=O) groups is 3. The van der Waals surface area contributed by atoms with Gasteiger partial charge in [0.15, 0.2) is 12.7 Å². The average molecular weight is 367 g/mol. The van der Waals surface area contributed by atoms with E-state index < -0.39 is 18.0 Å². The van der Waals surface area contributed by atoms with E-state index in [0.717, 1.165) is 19.3 Å². The highest BCUT2D eigenvalue weighted by Crippen LogP contribution is 2.24. The van der Waals surface area contributed by atoms with Crippen LogP contribution in [0.5, 0.6) is 5.75 Å². The van der Waals surface area contributed by atoms with Gasteiger partial charge >= 0.3 is 5.97 Å². The maximum absolute atomic E-state index is 12.6. The summed E-state index contributed by atoms with van der Waals surface area (Å²) in [6.07, 6.45) is 2.25. The Hall–Kier alpha value is -3.15. The SMILES string of the molecule is CC(OC(=O)c1ccc(OCC(N)=O)cc1)C(=O)c1ccc2c(c1)CCC2. The first kappa shape index (κ1) is 18.6. The zero-order valence-electron chi connectivity index (χ0n) is 15.1. The lowest BCUT2D eigenvalue weighted by molar-refractivity contribution is -0.119. The summed E-state index contributed by atoms with van der Waals surface area (Å²) < 4.78 is 10.4. The summed E-state index contributed by atoms with van der Waals surface area (Å²) in [5.41, 5.74) is 8.34. The molecule has 0 saturated heterocycles. The first-order valence-corrected chi connectivity index (χ1v) is 8.82. The van der Waals surface area contributed by atoms with Crippen LogP contribution in [0.4, 0.5) is 0 Å². The molecule has 2 aromatic carbocycles. The zero-order chi connectivity index (χ0) is 19.4. The van der Waals surface area contributed by atoms with E-state index in [-0.39, 0.29) is 18.0 Å². The van der Waals surface area contributed by atoms with Gasteiger partial charge in [-0.15, -0.1) is 0 Å². The maximum Gasteiger partial charge on any atom is 0.338 e. The molecule has 140 valence electrons. The molecule has 27 heavy (non-hydrogen) atoms. The molecule has 0 aliphatic heterocycles. The second kappa shape index (κ2) is 8.03. The van der Waals surface area contributed by atoms with Crippen LogP contribution < -0.4 is 10.5 Å². The molecular weight excluding hydrogens is 346 g/mol. The lowest BCUT2D eigenvalue weighted by Crippen LogP contribution is -2.24. The van der Waals surface area contributed by atoms with Gasteiger partial charge in [0, 0.05) is 5.56 Å². The second-order valence-electron chi connectivity index (χ2n) is 6.53. The van der Waals surface area contributed by atoms with Crippen molar-refractivity contribution < 1.29 is 23.9 Å². The zero-order valence-corrected chi connectivity index (χ0v) is 15.1. The fraction of sp³-hybridized carbons (Fsp3) is 0.286. The van der Waals surface area contributed by atoms with Crippen molar-refractivity contribution in [1.82, 2.24) is 0 Å². The molecule has 0 heterocycles. The highest BCUT2D eigenvalue weighted by atomic mass is 16.5. The number of ketones is 1. The van der Waals surface area contributed by atoms with Crippen molar-refractivity contribution in [1.29, 1.82) is 0 Å². The number of primary amides is 1. The number of carbonyl (C=O) groups excluding carboxylic acids is 3. The number of fused-ring (bicyclic) bond motifs is 1. The monoisotopic (exact) mass is 367 g/mol. The summed E-state index contributed by atoms with van der Waals surface area (Å²) >= 11 is 0. The van der Waals surface area contributed by atoms with E-state index in [1.165, 1.54) is 35.4 Å². The highest BCUT2D eigenvalue weighted by Gasteiger charge is 2.22. The fourth-order valence-electron chi connectivity index (χ4n) is 3.08. The number of hydrogen-bond donors (Lipinski definition) is 1. The van der Waals surface area contributed by atoms with Gasteiger partial charge in [-0.3, -0.25) is 9.59 Å². The third-order valence-electron chi connectivity index (χ3n) is 4.51. The average Bonchev–Trinajstić information content (AvgIpc) is 3.13. The molecule has 6 nitrogen and oxygen atoms in total. The molecule has 1 unspecified atom stereocenters. The smallest absolute Gasteiger partial charge is 0.338 e. The van der Waals surface area contributed by atoms with E-state index >= 15 is 0 Å².